The molecule has 0 amide bonds. The van der Waals surface area contributed by atoms with Crippen molar-refractivity contribution < 1.29 is 0 Å². The average Bonchev–Trinajstić information content (AvgIpc) is 3.18. The molecule has 104 valence electrons. The van der Waals surface area contributed by atoms with E-state index in [4.69, 9.17) is 0 Å². The zero-order chi connectivity index (χ0) is 14.2. The van der Waals surface area contributed by atoms with E-state index < -0.39 is 0 Å². The normalized spacial score (nSPS) is 17.4. The minimum Gasteiger partial charge on any atom is -0.290 e. The molecule has 6 heteroatoms. The Kier molecular flexibility index (Phi) is 3.20. The molecule has 0 radical (unpaired) electrons. The summed E-state index contributed by atoms with van der Waals surface area (Å²) in [5.74, 6) is 0.678. The monoisotopic (exact) mass is 358 g/mol. The van der Waals surface area contributed by atoms with Crippen molar-refractivity contribution in [2.45, 2.75) is 12.5 Å². The Morgan fingerprint density at radius 3 is 2.81 bits per heavy atom. The fourth-order valence-corrected chi connectivity index (χ4v) is 3.54. The van der Waals surface area contributed by atoms with Crippen LogP contribution >= 0.6 is 27.3 Å². The van der Waals surface area contributed by atoms with Crippen molar-refractivity contribution in [2.24, 2.45) is 4.99 Å². The number of nitrogens with zero attached hydrogens (tertiary/aromatic N) is 4. The molecule has 0 saturated heterocycles. The van der Waals surface area contributed by atoms with E-state index in [0.717, 1.165) is 16.6 Å². The summed E-state index contributed by atoms with van der Waals surface area (Å²) in [5, 5.41) is 10.2. The Balaban J connectivity index is 1.79. The number of aliphatic imine (C=N–C) groups is 1. The molecule has 0 N–H and O–H groups in total. The number of fused-ring (bicyclic) bond motifs is 1. The number of halogens is 1. The van der Waals surface area contributed by atoms with Crippen LogP contribution < -0.4 is 0 Å². The van der Waals surface area contributed by atoms with Crippen molar-refractivity contribution in [3.63, 3.8) is 0 Å². The molecule has 0 aliphatic carbocycles. The van der Waals surface area contributed by atoms with Gasteiger partial charge in [0, 0.05) is 15.8 Å². The SMILES string of the molecule is Brc1ccc(C2CC(c3cccs3)=Nc3nncn32)cc1. The van der Waals surface area contributed by atoms with Gasteiger partial charge in [0.15, 0.2) is 0 Å². The Labute approximate surface area is 134 Å². The summed E-state index contributed by atoms with van der Waals surface area (Å²) in [6.45, 7) is 0. The van der Waals surface area contributed by atoms with Crippen LogP contribution in [0.5, 0.6) is 0 Å². The molecule has 1 aliphatic heterocycles. The first-order valence-corrected chi connectivity index (χ1v) is 8.25. The summed E-state index contributed by atoms with van der Waals surface area (Å²) < 4.78 is 3.12. The quantitative estimate of drug-likeness (QED) is 0.688. The lowest BCUT2D eigenvalue weighted by atomic mass is 9.99. The zero-order valence-electron chi connectivity index (χ0n) is 11.0. The van der Waals surface area contributed by atoms with E-state index >= 15 is 0 Å². The number of rotatable bonds is 2. The lowest BCUT2D eigenvalue weighted by Gasteiger charge is -2.24. The molecule has 1 atom stereocenters. The third-order valence-electron chi connectivity index (χ3n) is 3.57. The van der Waals surface area contributed by atoms with Gasteiger partial charge in [-0.3, -0.25) is 4.57 Å². The van der Waals surface area contributed by atoms with E-state index in [2.05, 4.69) is 72.9 Å². The molecule has 2 aromatic heterocycles. The second-order valence-electron chi connectivity index (χ2n) is 4.85. The van der Waals surface area contributed by atoms with Crippen molar-refractivity contribution in [1.29, 1.82) is 0 Å². The predicted molar refractivity (Wildman–Crippen MR) is 87.4 cm³/mol. The number of benzene rings is 1. The van der Waals surface area contributed by atoms with Crippen molar-refractivity contribution in [1.82, 2.24) is 14.8 Å². The van der Waals surface area contributed by atoms with Crippen LogP contribution in [0, 0.1) is 0 Å². The predicted octanol–water partition coefficient (Wildman–Crippen LogP) is 4.22. The molecule has 0 saturated carbocycles. The highest BCUT2D eigenvalue weighted by molar-refractivity contribution is 9.10. The molecular formula is C15H11BrN4S. The maximum absolute atomic E-state index is 4.65. The fourth-order valence-electron chi connectivity index (χ4n) is 2.55. The fraction of sp³-hybridized carbons (Fsp3) is 0.133. The van der Waals surface area contributed by atoms with Gasteiger partial charge >= 0.3 is 0 Å². The van der Waals surface area contributed by atoms with Gasteiger partial charge in [0.1, 0.15) is 6.33 Å². The molecular weight excluding hydrogens is 348 g/mol. The summed E-state index contributed by atoms with van der Waals surface area (Å²) in [7, 11) is 0. The Hall–Kier alpha value is -1.79. The van der Waals surface area contributed by atoms with E-state index in [1.165, 1.54) is 10.4 Å². The van der Waals surface area contributed by atoms with E-state index in [9.17, 15) is 0 Å². The average molecular weight is 359 g/mol. The highest BCUT2D eigenvalue weighted by Gasteiger charge is 2.25. The number of aromatic nitrogens is 3. The van der Waals surface area contributed by atoms with Gasteiger partial charge < -0.3 is 0 Å². The van der Waals surface area contributed by atoms with Gasteiger partial charge in [-0.25, -0.2) is 4.99 Å². The topological polar surface area (TPSA) is 43.1 Å². The van der Waals surface area contributed by atoms with Gasteiger partial charge in [0.2, 0.25) is 0 Å². The van der Waals surface area contributed by atoms with Gasteiger partial charge in [-0.05, 0) is 29.1 Å². The second-order valence-corrected chi connectivity index (χ2v) is 6.71. The van der Waals surface area contributed by atoms with Crippen molar-refractivity contribution >= 4 is 38.9 Å². The minimum absolute atomic E-state index is 0.192. The molecule has 1 aromatic carbocycles. The molecule has 3 aromatic rings. The van der Waals surface area contributed by atoms with Crippen molar-refractivity contribution in [2.75, 3.05) is 0 Å². The lowest BCUT2D eigenvalue weighted by Crippen LogP contribution is -2.19. The third kappa shape index (κ3) is 2.34. The first-order valence-electron chi connectivity index (χ1n) is 6.58. The smallest absolute Gasteiger partial charge is 0.251 e. The largest absolute Gasteiger partial charge is 0.290 e. The first kappa shape index (κ1) is 12.9. The maximum Gasteiger partial charge on any atom is 0.251 e. The van der Waals surface area contributed by atoms with Gasteiger partial charge in [-0.2, -0.15) is 0 Å². The number of hydrogen-bond acceptors (Lipinski definition) is 4. The molecule has 1 unspecified atom stereocenters. The standard InChI is InChI=1S/C15H11BrN4S/c16-11-5-3-10(4-6-11)13-8-12(14-2-1-7-21-14)18-15-19-17-9-20(13)15/h1-7,9,13H,8H2. The van der Waals surface area contributed by atoms with Crippen LogP contribution in [0.1, 0.15) is 22.9 Å². The highest BCUT2D eigenvalue weighted by Crippen LogP contribution is 2.33. The zero-order valence-corrected chi connectivity index (χ0v) is 13.4. The molecule has 1 aliphatic rings. The van der Waals surface area contributed by atoms with Gasteiger partial charge in [0.05, 0.1) is 11.8 Å². The van der Waals surface area contributed by atoms with Crippen LogP contribution in [0.4, 0.5) is 5.95 Å². The van der Waals surface area contributed by atoms with Gasteiger partial charge in [0.25, 0.3) is 5.95 Å². The Morgan fingerprint density at radius 2 is 2.05 bits per heavy atom. The molecule has 0 spiro atoms. The number of thiophene rings is 1. The summed E-state index contributed by atoms with van der Waals surface area (Å²) in [4.78, 5) is 5.85. The molecule has 4 rings (SSSR count). The van der Waals surface area contributed by atoms with Crippen molar-refractivity contribution in [3.05, 3.63) is 63.0 Å². The van der Waals surface area contributed by atoms with Crippen LogP contribution in [0.15, 0.2) is 57.6 Å². The van der Waals surface area contributed by atoms with E-state index in [-0.39, 0.29) is 6.04 Å². The van der Waals surface area contributed by atoms with E-state index in [0.29, 0.717) is 5.95 Å². The second kappa shape index (κ2) is 5.20. The van der Waals surface area contributed by atoms with Crippen LogP contribution in [0.2, 0.25) is 0 Å². The van der Waals surface area contributed by atoms with E-state index in [1.807, 2.05) is 4.57 Å². The summed E-state index contributed by atoms with van der Waals surface area (Å²) >= 11 is 5.19. The lowest BCUT2D eigenvalue weighted by molar-refractivity contribution is 0.594. The first-order chi connectivity index (χ1) is 10.3. The molecule has 3 heterocycles. The van der Waals surface area contributed by atoms with Crippen molar-refractivity contribution in [3.8, 4) is 0 Å². The van der Waals surface area contributed by atoms with Crippen LogP contribution in [-0.4, -0.2) is 20.5 Å². The number of hydrogen-bond donors (Lipinski definition) is 0. The van der Waals surface area contributed by atoms with Crippen LogP contribution in [0.3, 0.4) is 0 Å². The summed E-state index contributed by atoms with van der Waals surface area (Å²) in [6.07, 6.45) is 2.62. The maximum atomic E-state index is 4.65. The third-order valence-corrected chi connectivity index (χ3v) is 5.02. The van der Waals surface area contributed by atoms with Gasteiger partial charge in [-0.15, -0.1) is 21.5 Å². The van der Waals surface area contributed by atoms with Crippen LogP contribution in [0.25, 0.3) is 0 Å². The molecule has 4 nitrogen and oxygen atoms in total. The Morgan fingerprint density at radius 1 is 1.19 bits per heavy atom. The summed E-state index contributed by atoms with van der Waals surface area (Å²) in [6, 6.07) is 12.8. The highest BCUT2D eigenvalue weighted by atomic mass is 79.9. The molecule has 21 heavy (non-hydrogen) atoms. The summed E-state index contributed by atoms with van der Waals surface area (Å²) in [5.41, 5.74) is 2.32. The molecule has 0 bridgehead atoms. The van der Waals surface area contributed by atoms with Gasteiger partial charge in [-0.1, -0.05) is 34.1 Å². The van der Waals surface area contributed by atoms with E-state index in [1.54, 1.807) is 17.7 Å². The minimum atomic E-state index is 0.192. The Bertz CT molecular complexity index is 789. The molecule has 0 fully saturated rings. The van der Waals surface area contributed by atoms with Crippen LogP contribution in [-0.2, 0) is 0 Å².